The van der Waals surface area contributed by atoms with Gasteiger partial charge >= 0.3 is 0 Å². The summed E-state index contributed by atoms with van der Waals surface area (Å²) in [7, 11) is -22.4. The minimum absolute atomic E-state index is 0.560. The lowest BCUT2D eigenvalue weighted by molar-refractivity contribution is 0.986. The fourth-order valence-corrected chi connectivity index (χ4v) is 219. The molecule has 0 N–H and O–H groups in total. The third-order valence-electron chi connectivity index (χ3n) is 12.1. The van der Waals surface area contributed by atoms with Crippen molar-refractivity contribution in [2.24, 2.45) is 0 Å². The van der Waals surface area contributed by atoms with Crippen molar-refractivity contribution in [2.75, 3.05) is 0 Å². The topological polar surface area (TPSA) is 47.6 Å². The maximum atomic E-state index is 12.5. The zero-order chi connectivity index (χ0) is 41.0. The molecule has 2 radical (unpaired) electrons. The lowest BCUT2D eigenvalue weighted by Gasteiger charge is -2.67. The van der Waals surface area contributed by atoms with Crippen LogP contribution < -0.4 is 0 Å². The Balaban J connectivity index is 9.92. The van der Waals surface area contributed by atoms with Crippen LogP contribution in [0.5, 0.6) is 0 Å². The average Bonchev–Trinajstić information content (AvgIpc) is 2.73. The first-order valence-corrected chi connectivity index (χ1v) is 59.1. The van der Waals surface area contributed by atoms with E-state index in [1.54, 1.807) is 0 Å². The van der Waals surface area contributed by atoms with Crippen molar-refractivity contribution >= 4 is 95.4 Å². The van der Waals surface area contributed by atoms with Crippen LogP contribution in [0.3, 0.4) is 0 Å². The summed E-state index contributed by atoms with van der Waals surface area (Å²) in [6, 6.07) is 0. The van der Waals surface area contributed by atoms with E-state index in [2.05, 4.69) is 196 Å². The maximum Gasteiger partial charge on any atom is 0.174 e. The van der Waals surface area contributed by atoms with Crippen molar-refractivity contribution < 1.29 is 0 Å². The fourth-order valence-electron chi connectivity index (χ4n) is 14.5. The van der Waals surface area contributed by atoms with Crippen molar-refractivity contribution in [1.29, 1.82) is 10.5 Å². The van der Waals surface area contributed by atoms with E-state index >= 15 is 0 Å². The molecule has 2 nitrogen and oxygen atoms in total. The molecule has 0 aromatic heterocycles. The predicted molar refractivity (Wildman–Crippen MR) is 266 cm³/mol. The molecule has 0 bridgehead atoms. The second-order valence-electron chi connectivity index (χ2n) is 25.8. The molecular weight excluding hydrogens is 797 g/mol. The molecule has 0 saturated heterocycles. The molecule has 292 valence electrons. The zero-order valence-electron chi connectivity index (χ0n) is 39.4. The normalized spacial score (nSPS) is 15.8. The molecule has 0 aliphatic rings. The molecule has 0 unspecified atom stereocenters. The molecule has 0 amide bonds. The molecule has 0 rings (SSSR count). The third-order valence-corrected chi connectivity index (χ3v) is 126. The van der Waals surface area contributed by atoms with Gasteiger partial charge in [0.1, 0.15) is 0 Å². The van der Waals surface area contributed by atoms with Gasteiger partial charge in [0, 0.05) is 76.0 Å². The molecule has 0 aromatic carbocycles. The van der Waals surface area contributed by atoms with Gasteiger partial charge in [0.05, 0.1) is 15.2 Å². The van der Waals surface area contributed by atoms with E-state index in [0.29, 0.717) is 11.1 Å². The Bertz CT molecular complexity index is 996. The second-order valence-corrected chi connectivity index (χ2v) is 99.7. The number of hydrogen-bond acceptors (Lipinski definition) is 2. The van der Waals surface area contributed by atoms with Gasteiger partial charge in [-0.05, 0) is 0 Å². The van der Waals surface area contributed by atoms with E-state index in [4.69, 9.17) is 0 Å². The van der Waals surface area contributed by atoms with Crippen molar-refractivity contribution in [3.63, 3.8) is 0 Å². The molecule has 0 aromatic rings. The van der Waals surface area contributed by atoms with Crippen molar-refractivity contribution in [3.05, 3.63) is 0 Å². The van der Waals surface area contributed by atoms with Crippen LogP contribution in [0.4, 0.5) is 0 Å². The van der Waals surface area contributed by atoms with Crippen LogP contribution in [0.2, 0.25) is 187 Å². The summed E-state index contributed by atoms with van der Waals surface area (Å²) in [6.45, 7) is 75.8. The first-order chi connectivity index (χ1) is 21.5. The fraction of sp³-hybridized carbons (Fsp3) is 0.944. The highest BCUT2D eigenvalue weighted by Gasteiger charge is 2.75. The van der Waals surface area contributed by atoms with Crippen LogP contribution in [0, 0.1) is 21.9 Å². The highest BCUT2D eigenvalue weighted by molar-refractivity contribution is 7.80. The monoisotopic (exact) mass is 886 g/mol. The zero-order valence-corrected chi connectivity index (χ0v) is 51.4. The van der Waals surface area contributed by atoms with Gasteiger partial charge in [-0.25, -0.2) is 10.5 Å². The molecule has 0 spiro atoms. The van der Waals surface area contributed by atoms with Crippen molar-refractivity contribution in [2.45, 2.75) is 215 Å². The van der Waals surface area contributed by atoms with Gasteiger partial charge in [0.15, 0.2) is 15.7 Å². The van der Waals surface area contributed by atoms with Crippen LogP contribution in [0.15, 0.2) is 0 Å². The lowest BCUT2D eigenvalue weighted by atomic mass is 10.6. The Kier molecular flexibility index (Phi) is 16.7. The van der Waals surface area contributed by atoms with Crippen LogP contribution in [0.25, 0.3) is 0 Å². The van der Waals surface area contributed by atoms with Gasteiger partial charge in [0.25, 0.3) is 0 Å². The largest absolute Gasteiger partial charge is 0.208 e. The number of nitriles is 2. The Morgan fingerprint density at radius 3 is 0.480 bits per heavy atom. The first kappa shape index (κ1) is 51.6. The Labute approximate surface area is 329 Å². The summed E-state index contributed by atoms with van der Waals surface area (Å²) in [6.07, 6.45) is 0. The number of rotatable bonds is 17. The van der Waals surface area contributed by atoms with Gasteiger partial charge in [-0.3, -0.25) is 0 Å². The van der Waals surface area contributed by atoms with Crippen LogP contribution >= 0.6 is 0 Å². The van der Waals surface area contributed by atoms with Crippen LogP contribution in [-0.2, 0) is 0 Å². The maximum absolute atomic E-state index is 12.5. The van der Waals surface area contributed by atoms with E-state index in [0.717, 1.165) is 19.2 Å². The van der Waals surface area contributed by atoms with Crippen molar-refractivity contribution in [3.8, 4) is 11.4 Å². The van der Waals surface area contributed by atoms with Crippen LogP contribution in [0.1, 0.15) is 27.7 Å². The quantitative estimate of drug-likeness (QED) is 0.137. The third kappa shape index (κ3) is 10.5. The van der Waals surface area contributed by atoms with E-state index in [1.165, 1.54) is 0 Å². The van der Waals surface area contributed by atoms with E-state index < -0.39 is 95.4 Å². The Morgan fingerprint density at radius 1 is 0.300 bits per heavy atom. The first-order valence-electron chi connectivity index (χ1n) is 20.0. The number of nitrogens with zero attached hydrogens (tertiary/aromatic N) is 2. The molecule has 14 heteroatoms. The highest BCUT2D eigenvalue weighted by Crippen LogP contribution is 2.62. The summed E-state index contributed by atoms with van der Waals surface area (Å²) in [5, 5.41) is 25.1. The predicted octanol–water partition coefficient (Wildman–Crippen LogP) is 13.6. The molecule has 0 saturated carbocycles. The minimum Gasteiger partial charge on any atom is -0.208 e. The Morgan fingerprint density at radius 2 is 0.420 bits per heavy atom. The van der Waals surface area contributed by atoms with E-state index in [1.807, 2.05) is 0 Å². The Hall–Kier alpha value is 1.58. The van der Waals surface area contributed by atoms with Gasteiger partial charge in [-0.15, -0.1) is 0 Å². The number of hydrogen-bond donors (Lipinski definition) is 0. The van der Waals surface area contributed by atoms with Crippen molar-refractivity contribution in [1.82, 2.24) is 0 Å². The van der Waals surface area contributed by atoms with E-state index in [-0.39, 0.29) is 0 Å². The lowest BCUT2D eigenvalue weighted by Crippen LogP contribution is -2.85. The van der Waals surface area contributed by atoms with E-state index in [9.17, 15) is 10.5 Å². The molecule has 50 heavy (non-hydrogen) atoms. The van der Waals surface area contributed by atoms with Gasteiger partial charge in [-0.2, -0.15) is 0 Å². The summed E-state index contributed by atoms with van der Waals surface area (Å²) in [4.78, 5) is 3.06. The van der Waals surface area contributed by atoms with Crippen LogP contribution in [-0.4, -0.2) is 95.4 Å². The average molecular weight is 888 g/mol. The summed E-state index contributed by atoms with van der Waals surface area (Å²) in [5.41, 5.74) is 8.26. The van der Waals surface area contributed by atoms with Gasteiger partial charge in [0.2, 0.25) is 0 Å². The summed E-state index contributed by atoms with van der Waals surface area (Å²) < 4.78 is 0. The van der Waals surface area contributed by atoms with Gasteiger partial charge < -0.3 is 0 Å². The highest BCUT2D eigenvalue weighted by atomic mass is 29.8. The second kappa shape index (κ2) is 16.2. The molecule has 0 heterocycles. The molecule has 0 aliphatic heterocycles. The molecular formula is C36H90N2Si12. The summed E-state index contributed by atoms with van der Waals surface area (Å²) >= 11 is 0. The smallest absolute Gasteiger partial charge is 0.174 e. The molecule has 0 fully saturated rings. The van der Waals surface area contributed by atoms with Gasteiger partial charge in [-0.1, -0.05) is 215 Å². The minimum atomic E-state index is -2.46. The molecule has 0 atom stereocenters. The SMILES string of the molecule is CC(C)[Si](C([Si](C)(C)C)[Si](C)(C)C)(C([Si](C)(C)C)[Si](C)(C)C)[Si](C#N)[Si](C#N)[Si](C(C)C)(C([Si](C)(C)C)[Si](C)(C)C)C([Si](C)(C)C)[Si](C)(C)C. The summed E-state index contributed by atoms with van der Waals surface area (Å²) in [5.74, 6) is 0. The standard InChI is InChI=1S/C36H90N2Si12/c1-31(2)49(33(41(5,6)7)42(8,9)10,34(43(11,12)13)44(14,15)16)39(29-37)40(30-38)50(32(3)4,35(45(17,18)19)46(20,21)22)36(47(23,24)25)48(26,27)28/h31-36H,1-28H3. The molecule has 0 aliphatic carbocycles.